The Labute approximate surface area is 118 Å². The van der Waals surface area contributed by atoms with Gasteiger partial charge >= 0.3 is 0 Å². The largest absolute Gasteiger partial charge is 0.336 e. The summed E-state index contributed by atoms with van der Waals surface area (Å²) in [5.41, 5.74) is 0.613. The molecular formula is C17H18FNO. The molecule has 2 nitrogen and oxygen atoms in total. The van der Waals surface area contributed by atoms with E-state index in [0.717, 1.165) is 25.8 Å². The minimum atomic E-state index is -0.273. The van der Waals surface area contributed by atoms with Crippen LogP contribution in [-0.4, -0.2) is 23.4 Å². The molecule has 3 heteroatoms. The molecule has 0 N–H and O–H groups in total. The monoisotopic (exact) mass is 271 g/mol. The van der Waals surface area contributed by atoms with Gasteiger partial charge in [0.05, 0.1) is 0 Å². The summed E-state index contributed by atoms with van der Waals surface area (Å²) in [6, 6.07) is 10.6. The zero-order valence-electron chi connectivity index (χ0n) is 11.6. The number of benzene rings is 2. The first-order chi connectivity index (χ1) is 9.72. The highest BCUT2D eigenvalue weighted by molar-refractivity contribution is 6.07. The minimum absolute atomic E-state index is 0.0329. The van der Waals surface area contributed by atoms with Crippen LogP contribution < -0.4 is 0 Å². The molecule has 0 unspecified atom stereocenters. The van der Waals surface area contributed by atoms with Crippen LogP contribution in [0.1, 0.15) is 36.5 Å². The van der Waals surface area contributed by atoms with Crippen LogP contribution in [0.2, 0.25) is 0 Å². The smallest absolute Gasteiger partial charge is 0.254 e. The van der Waals surface area contributed by atoms with Gasteiger partial charge in [0.25, 0.3) is 5.91 Å². The molecule has 0 radical (unpaired) electrons. The summed E-state index contributed by atoms with van der Waals surface area (Å²) < 4.78 is 13.8. The number of nitrogens with zero attached hydrogens (tertiary/aromatic N) is 1. The highest BCUT2D eigenvalue weighted by Gasteiger charge is 2.32. The fourth-order valence-corrected chi connectivity index (χ4v) is 2.68. The maximum absolute atomic E-state index is 13.8. The van der Waals surface area contributed by atoms with Gasteiger partial charge in [0.2, 0.25) is 0 Å². The number of carbonyl (C=O) groups excluding carboxylic acids is 1. The van der Waals surface area contributed by atoms with Gasteiger partial charge < -0.3 is 4.90 Å². The number of fused-ring (bicyclic) bond motifs is 1. The quantitative estimate of drug-likeness (QED) is 0.823. The van der Waals surface area contributed by atoms with Crippen LogP contribution in [0.4, 0.5) is 4.39 Å². The molecule has 104 valence electrons. The van der Waals surface area contributed by atoms with Crippen molar-refractivity contribution in [1.29, 1.82) is 0 Å². The fourth-order valence-electron chi connectivity index (χ4n) is 2.68. The van der Waals surface area contributed by atoms with Crippen molar-refractivity contribution >= 4 is 16.7 Å². The van der Waals surface area contributed by atoms with Gasteiger partial charge in [0.1, 0.15) is 5.82 Å². The molecule has 20 heavy (non-hydrogen) atoms. The lowest BCUT2D eigenvalue weighted by Crippen LogP contribution is -2.33. The molecule has 1 fully saturated rings. The zero-order valence-corrected chi connectivity index (χ0v) is 11.6. The Morgan fingerprint density at radius 1 is 1.20 bits per heavy atom. The molecular weight excluding hydrogens is 253 g/mol. The van der Waals surface area contributed by atoms with Crippen molar-refractivity contribution < 1.29 is 9.18 Å². The molecule has 1 aliphatic rings. The van der Waals surface area contributed by atoms with E-state index < -0.39 is 0 Å². The Bertz CT molecular complexity index is 648. The van der Waals surface area contributed by atoms with Gasteiger partial charge in [-0.25, -0.2) is 4.39 Å². The van der Waals surface area contributed by atoms with E-state index in [4.69, 9.17) is 0 Å². The van der Waals surface area contributed by atoms with Crippen LogP contribution in [0, 0.1) is 5.82 Å². The molecule has 0 aliphatic heterocycles. The summed E-state index contributed by atoms with van der Waals surface area (Å²) in [4.78, 5) is 14.7. The molecule has 1 amide bonds. The number of hydrogen-bond acceptors (Lipinski definition) is 1. The molecule has 1 saturated carbocycles. The first-order valence-electron chi connectivity index (χ1n) is 7.20. The van der Waals surface area contributed by atoms with Gasteiger partial charge in [-0.05, 0) is 36.8 Å². The van der Waals surface area contributed by atoms with Crippen LogP contribution >= 0.6 is 0 Å². The molecule has 0 bridgehead atoms. The summed E-state index contributed by atoms with van der Waals surface area (Å²) in [7, 11) is 0. The highest BCUT2D eigenvalue weighted by atomic mass is 19.1. The third-order valence-electron chi connectivity index (χ3n) is 3.81. The number of hydrogen-bond donors (Lipinski definition) is 0. The number of halogens is 1. The van der Waals surface area contributed by atoms with Gasteiger partial charge in [-0.1, -0.05) is 31.2 Å². The molecule has 1 aliphatic carbocycles. The summed E-state index contributed by atoms with van der Waals surface area (Å²) in [6.45, 7) is 2.85. The van der Waals surface area contributed by atoms with E-state index in [-0.39, 0.29) is 11.7 Å². The second-order valence-electron chi connectivity index (χ2n) is 5.37. The fraction of sp³-hybridized carbons (Fsp3) is 0.353. The Morgan fingerprint density at radius 2 is 1.90 bits per heavy atom. The van der Waals surface area contributed by atoms with E-state index in [9.17, 15) is 9.18 Å². The average Bonchev–Trinajstić information content (AvgIpc) is 3.29. The van der Waals surface area contributed by atoms with E-state index in [1.165, 1.54) is 6.07 Å². The normalized spacial score (nSPS) is 14.5. The van der Waals surface area contributed by atoms with Gasteiger partial charge in [-0.15, -0.1) is 0 Å². The lowest BCUT2D eigenvalue weighted by Gasteiger charge is -2.22. The summed E-state index contributed by atoms with van der Waals surface area (Å²) in [6.07, 6.45) is 3.12. The Kier molecular flexibility index (Phi) is 3.43. The first kappa shape index (κ1) is 13.1. The molecule has 0 aromatic heterocycles. The van der Waals surface area contributed by atoms with Crippen molar-refractivity contribution in [2.45, 2.75) is 32.2 Å². The third kappa shape index (κ3) is 2.28. The molecule has 2 aromatic carbocycles. The summed E-state index contributed by atoms with van der Waals surface area (Å²) in [5.74, 6) is -0.240. The van der Waals surface area contributed by atoms with E-state index in [0.29, 0.717) is 22.4 Å². The third-order valence-corrected chi connectivity index (χ3v) is 3.81. The van der Waals surface area contributed by atoms with E-state index in [1.807, 2.05) is 17.0 Å². The van der Waals surface area contributed by atoms with Crippen LogP contribution in [-0.2, 0) is 0 Å². The number of amides is 1. The van der Waals surface area contributed by atoms with Crippen LogP contribution in [0.3, 0.4) is 0 Å². The summed E-state index contributed by atoms with van der Waals surface area (Å²) >= 11 is 0. The topological polar surface area (TPSA) is 20.3 Å². The molecule has 3 rings (SSSR count). The van der Waals surface area contributed by atoms with Gasteiger partial charge in [-0.3, -0.25) is 4.79 Å². The van der Waals surface area contributed by atoms with Crippen molar-refractivity contribution in [2.24, 2.45) is 0 Å². The Balaban J connectivity index is 2.05. The van der Waals surface area contributed by atoms with E-state index in [1.54, 1.807) is 18.2 Å². The molecule has 0 spiro atoms. The molecule has 0 saturated heterocycles. The number of carbonyl (C=O) groups is 1. The van der Waals surface area contributed by atoms with Crippen molar-refractivity contribution in [3.05, 3.63) is 47.8 Å². The zero-order chi connectivity index (χ0) is 14.1. The maximum atomic E-state index is 13.8. The van der Waals surface area contributed by atoms with Crippen molar-refractivity contribution in [2.75, 3.05) is 6.54 Å². The predicted molar refractivity (Wildman–Crippen MR) is 78.3 cm³/mol. The van der Waals surface area contributed by atoms with Crippen molar-refractivity contribution in [3.8, 4) is 0 Å². The Morgan fingerprint density at radius 3 is 2.55 bits per heavy atom. The standard InChI is InChI=1S/C17H18FNO/c1-2-11-19(12-7-8-12)17(20)15-9-10-16(18)14-6-4-3-5-13(14)15/h3-6,9-10,12H,2,7-8,11H2,1H3. The first-order valence-corrected chi connectivity index (χ1v) is 7.20. The van der Waals surface area contributed by atoms with Crippen molar-refractivity contribution in [3.63, 3.8) is 0 Å². The average molecular weight is 271 g/mol. The second kappa shape index (κ2) is 5.23. The van der Waals surface area contributed by atoms with Crippen LogP contribution in [0.15, 0.2) is 36.4 Å². The van der Waals surface area contributed by atoms with Gasteiger partial charge in [-0.2, -0.15) is 0 Å². The second-order valence-corrected chi connectivity index (χ2v) is 5.37. The molecule has 2 aromatic rings. The van der Waals surface area contributed by atoms with E-state index in [2.05, 4.69) is 6.92 Å². The highest BCUT2D eigenvalue weighted by Crippen LogP contribution is 2.30. The van der Waals surface area contributed by atoms with E-state index >= 15 is 0 Å². The van der Waals surface area contributed by atoms with Crippen molar-refractivity contribution in [1.82, 2.24) is 4.90 Å². The lowest BCUT2D eigenvalue weighted by molar-refractivity contribution is 0.0745. The summed E-state index contributed by atoms with van der Waals surface area (Å²) in [5, 5.41) is 1.23. The minimum Gasteiger partial charge on any atom is -0.336 e. The Hall–Kier alpha value is -1.90. The maximum Gasteiger partial charge on any atom is 0.254 e. The van der Waals surface area contributed by atoms with Gasteiger partial charge in [0, 0.05) is 23.5 Å². The lowest BCUT2D eigenvalue weighted by atomic mass is 10.0. The van der Waals surface area contributed by atoms with Crippen LogP contribution in [0.25, 0.3) is 10.8 Å². The van der Waals surface area contributed by atoms with Gasteiger partial charge in [0.15, 0.2) is 0 Å². The molecule has 0 heterocycles. The molecule has 0 atom stereocenters. The number of rotatable bonds is 4. The predicted octanol–water partition coefficient (Wildman–Crippen LogP) is 3.99. The van der Waals surface area contributed by atoms with Crippen LogP contribution in [0.5, 0.6) is 0 Å². The SMILES string of the molecule is CCCN(C(=O)c1ccc(F)c2ccccc12)C1CC1.